The average Bonchev–Trinajstić information content (AvgIpc) is 0.929. The van der Waals surface area contributed by atoms with Gasteiger partial charge < -0.3 is 81.9 Å². The van der Waals surface area contributed by atoms with Crippen LogP contribution in [0.15, 0.2) is 72.9 Å². The van der Waals surface area contributed by atoms with Crippen molar-refractivity contribution in [1.82, 2.24) is 16.0 Å². The van der Waals surface area contributed by atoms with Crippen molar-refractivity contribution in [1.29, 1.82) is 0 Å². The Labute approximate surface area is 619 Å². The normalized spacial score (nSPS) is 13.9. The molecule has 0 spiro atoms. The fourth-order valence-electron chi connectivity index (χ4n) is 11.5. The number of phosphoric ester groups is 1. The van der Waals surface area contributed by atoms with Gasteiger partial charge in [-0.05, 0) is 116 Å². The topological polar surface area (TPSA) is 193 Å². The molecule has 20 heteroatoms. The van der Waals surface area contributed by atoms with E-state index >= 15 is 0 Å². The van der Waals surface area contributed by atoms with Crippen molar-refractivity contribution in [3.63, 3.8) is 0 Å². The molecular formula is C78H150Cl3N6O10P. The van der Waals surface area contributed by atoms with Crippen LogP contribution in [0.4, 0.5) is 0 Å². The molecule has 6 N–H and O–H groups in total. The number of hydrogen-bond donors (Lipinski definition) is 6. The van der Waals surface area contributed by atoms with Gasteiger partial charge in [-0.2, -0.15) is 0 Å². The predicted molar refractivity (Wildman–Crippen MR) is 400 cm³/mol. The van der Waals surface area contributed by atoms with Gasteiger partial charge >= 0.3 is 7.82 Å². The highest BCUT2D eigenvalue weighted by Gasteiger charge is 2.34. The highest BCUT2D eigenvalue weighted by Crippen LogP contribution is 2.50. The number of unbranched alkanes of at least 4 members (excludes halogenated alkanes) is 24. The molecule has 0 aliphatic rings. The summed E-state index contributed by atoms with van der Waals surface area (Å²) in [7, 11) is 7.44. The fraction of sp³-hybridized carbons (Fsp3) is 0.808. The van der Waals surface area contributed by atoms with Crippen LogP contribution in [0.3, 0.4) is 0 Å². The first-order valence-corrected chi connectivity index (χ1v) is 39.9. The molecule has 3 atom stereocenters. The number of carbonyl (C=O) groups excluding carboxylic acids is 3. The lowest BCUT2D eigenvalue weighted by molar-refractivity contribution is -0.893. The number of halogens is 3. The molecule has 578 valence electrons. The number of aliphatic hydroxyl groups excluding tert-OH is 3. The predicted octanol–water partition coefficient (Wildman–Crippen LogP) is 7.43. The standard InChI is InChI=1S/C78H147N6O10P.3ClH/c1-10-13-16-19-22-25-28-31-34-37-40-43-46-49-52-58-76(88)79-61-55-64-82(4,5)67-73(85)70-92-95(91,93-71-74(86)68-83(6,7)65-56-62-80-77(89)59-53-50-47-44-41-38-35-32-29-26-23-20-17-14-11-2)94-72-75(87)69-84(8,9)66-57-63-81-78(90)60-54-51-48-45-42-39-36-33-30-27-24-21-18-15-12-3;;;/h22-27,31-36,73-75,85-87H,10-21,28-30,37-72H2,1-9H3;3*1H/b25-22-,26-23-,27-24-,34-31-,35-32-,36-33-;;;. The number of nitrogens with zero attached hydrogens (tertiary/aromatic N) is 3. The van der Waals surface area contributed by atoms with Crippen LogP contribution < -0.4 is 53.2 Å². The van der Waals surface area contributed by atoms with Crippen LogP contribution in [0.5, 0.6) is 0 Å². The van der Waals surface area contributed by atoms with E-state index in [9.17, 15) is 34.3 Å². The molecule has 0 heterocycles. The first kappa shape index (κ1) is 102. The van der Waals surface area contributed by atoms with Gasteiger partial charge in [-0.3, -0.25) is 28.0 Å². The lowest BCUT2D eigenvalue weighted by Gasteiger charge is -2.33. The Kier molecular flexibility index (Phi) is 73.1. The van der Waals surface area contributed by atoms with Crippen LogP contribution in [0.1, 0.15) is 271 Å². The van der Waals surface area contributed by atoms with Crippen LogP contribution in [0.2, 0.25) is 0 Å². The average molecular weight is 1470 g/mol. The summed E-state index contributed by atoms with van der Waals surface area (Å²) in [5.41, 5.74) is 0. The molecule has 98 heavy (non-hydrogen) atoms. The molecule has 0 aliphatic carbocycles. The number of rotatable bonds is 69. The molecule has 0 aromatic heterocycles. The first-order chi connectivity index (χ1) is 45.7. The Morgan fingerprint density at radius 1 is 0.337 bits per heavy atom. The second kappa shape index (κ2) is 70.3. The van der Waals surface area contributed by atoms with Crippen LogP contribution in [0, 0.1) is 0 Å². The fourth-order valence-corrected chi connectivity index (χ4v) is 12.8. The van der Waals surface area contributed by atoms with Crippen molar-refractivity contribution in [2.75, 3.05) is 121 Å². The highest BCUT2D eigenvalue weighted by molar-refractivity contribution is 7.48. The van der Waals surface area contributed by atoms with E-state index in [4.69, 9.17) is 13.6 Å². The van der Waals surface area contributed by atoms with Crippen LogP contribution in [0.25, 0.3) is 0 Å². The molecule has 0 radical (unpaired) electrons. The van der Waals surface area contributed by atoms with E-state index in [1.807, 2.05) is 42.3 Å². The van der Waals surface area contributed by atoms with Gasteiger partial charge in [-0.15, -0.1) is 0 Å². The Morgan fingerprint density at radius 3 is 0.786 bits per heavy atom. The third kappa shape index (κ3) is 72.0. The van der Waals surface area contributed by atoms with Crippen molar-refractivity contribution in [3.8, 4) is 0 Å². The Balaban J connectivity index is -0.0000147. The van der Waals surface area contributed by atoms with Gasteiger partial charge in [0.25, 0.3) is 0 Å². The van der Waals surface area contributed by atoms with Crippen LogP contribution >= 0.6 is 7.82 Å². The first-order valence-electron chi connectivity index (χ1n) is 38.4. The zero-order valence-electron chi connectivity index (χ0n) is 63.8. The molecule has 0 rings (SSSR count). The van der Waals surface area contributed by atoms with Crippen molar-refractivity contribution in [2.45, 2.75) is 289 Å². The number of carbonyl (C=O) groups is 3. The minimum absolute atomic E-state index is 0. The van der Waals surface area contributed by atoms with Gasteiger partial charge in [-0.25, -0.2) is 4.57 Å². The Morgan fingerprint density at radius 2 is 0.551 bits per heavy atom. The minimum atomic E-state index is -4.43. The summed E-state index contributed by atoms with van der Waals surface area (Å²) in [4.78, 5) is 37.9. The summed E-state index contributed by atoms with van der Waals surface area (Å²) >= 11 is 0. The Hall–Kier alpha value is -2.41. The lowest BCUT2D eigenvalue weighted by atomic mass is 10.1. The van der Waals surface area contributed by atoms with Crippen molar-refractivity contribution < 1.29 is 98.5 Å². The lowest BCUT2D eigenvalue weighted by Crippen LogP contribution is -3.00. The number of amides is 3. The molecule has 0 aromatic rings. The zero-order valence-corrected chi connectivity index (χ0v) is 67.0. The smallest absolute Gasteiger partial charge is 0.475 e. The van der Waals surface area contributed by atoms with E-state index in [1.54, 1.807) is 0 Å². The van der Waals surface area contributed by atoms with Crippen LogP contribution in [-0.2, 0) is 32.5 Å². The molecule has 0 aromatic carbocycles. The summed E-state index contributed by atoms with van der Waals surface area (Å²) in [6, 6.07) is 0. The van der Waals surface area contributed by atoms with Gasteiger partial charge in [0, 0.05) is 58.2 Å². The van der Waals surface area contributed by atoms with Gasteiger partial charge in [0.1, 0.15) is 37.9 Å². The molecular weight excluding hydrogens is 1320 g/mol. The van der Waals surface area contributed by atoms with Gasteiger partial charge in [0.05, 0.1) is 81.7 Å². The number of allylic oxidation sites excluding steroid dienone is 12. The maximum Gasteiger partial charge on any atom is 0.475 e. The van der Waals surface area contributed by atoms with E-state index in [2.05, 4.69) is 110 Å². The van der Waals surface area contributed by atoms with Crippen LogP contribution in [-0.4, -0.2) is 186 Å². The van der Waals surface area contributed by atoms with Crippen molar-refractivity contribution in [2.24, 2.45) is 0 Å². The molecule has 0 saturated carbocycles. The zero-order chi connectivity index (χ0) is 70.3. The largest absolute Gasteiger partial charge is 1.00 e. The van der Waals surface area contributed by atoms with Gasteiger partial charge in [0.2, 0.25) is 17.7 Å². The van der Waals surface area contributed by atoms with E-state index in [-0.39, 0.29) is 94.4 Å². The summed E-state index contributed by atoms with van der Waals surface area (Å²) in [5, 5.41) is 42.9. The van der Waals surface area contributed by atoms with E-state index in [0.29, 0.717) is 91.2 Å². The maximum atomic E-state index is 14.4. The minimum Gasteiger partial charge on any atom is -1.00 e. The summed E-state index contributed by atoms with van der Waals surface area (Å²) in [5.74, 6) is 0.175. The summed E-state index contributed by atoms with van der Waals surface area (Å²) in [6.45, 7) is 9.94. The maximum absolute atomic E-state index is 14.4. The molecule has 16 nitrogen and oxygen atoms in total. The highest BCUT2D eigenvalue weighted by atomic mass is 35.5. The number of likely N-dealkylation sites (N-methyl/N-ethyl adjacent to an activating group) is 3. The summed E-state index contributed by atoms with van der Waals surface area (Å²) in [6.07, 6.45) is 65.5. The molecule has 3 unspecified atom stereocenters. The molecule has 0 bridgehead atoms. The molecule has 3 amide bonds. The SMILES string of the molecule is CCCCC/C=C\C/C=C\CCCCCCCC(=O)NCCC[N+](C)(C)CC(O)COP(=O)(OCC(O)C[N+](C)(C)CCCNC(=O)CCCCCCC/C=C\C/C=C\CCCCC)OCC(O)C[N+](C)(C)CCCNC(=O)CCCCCCC/C=C\C/C=C\CCCCC.[Cl-].[Cl-].[Cl-]. The monoisotopic (exact) mass is 1470 g/mol. The number of quaternary nitrogens is 3. The van der Waals surface area contributed by atoms with Gasteiger partial charge in [-0.1, -0.05) is 190 Å². The summed E-state index contributed by atoms with van der Waals surface area (Å²) < 4.78 is 33.0. The second-order valence-electron chi connectivity index (χ2n) is 28.9. The quantitative estimate of drug-likeness (QED) is 0.0155. The van der Waals surface area contributed by atoms with E-state index in [1.165, 1.54) is 116 Å². The van der Waals surface area contributed by atoms with E-state index in [0.717, 1.165) is 96.3 Å². The number of aliphatic hydroxyl groups is 3. The molecule has 0 saturated heterocycles. The third-order valence-electron chi connectivity index (χ3n) is 17.2. The number of hydrogen-bond acceptors (Lipinski definition) is 10. The van der Waals surface area contributed by atoms with Gasteiger partial charge in [0.15, 0.2) is 0 Å². The number of phosphoric acid groups is 1. The second-order valence-corrected chi connectivity index (χ2v) is 30.5. The molecule has 0 aliphatic heterocycles. The molecule has 0 fully saturated rings. The third-order valence-corrected chi connectivity index (χ3v) is 18.6. The Bertz CT molecular complexity index is 1860. The number of nitrogens with one attached hydrogen (secondary N) is 3. The van der Waals surface area contributed by atoms with Crippen molar-refractivity contribution >= 4 is 25.5 Å². The van der Waals surface area contributed by atoms with E-state index < -0.39 is 26.1 Å². The van der Waals surface area contributed by atoms with Crippen molar-refractivity contribution in [3.05, 3.63) is 72.9 Å².